The molecule has 5 heteroatoms. The van der Waals surface area contributed by atoms with E-state index in [1.54, 1.807) is 19.1 Å². The summed E-state index contributed by atoms with van der Waals surface area (Å²) in [5.41, 5.74) is 3.15. The summed E-state index contributed by atoms with van der Waals surface area (Å²) in [5, 5.41) is 21.8. The highest BCUT2D eigenvalue weighted by Gasteiger charge is 2.18. The zero-order valence-electron chi connectivity index (χ0n) is 13.8. The van der Waals surface area contributed by atoms with E-state index < -0.39 is 12.1 Å². The van der Waals surface area contributed by atoms with Crippen LogP contribution in [0.15, 0.2) is 53.7 Å². The Kier molecular flexibility index (Phi) is 5.95. The number of aliphatic carboxylic acids is 1. The molecular weight excluding hydrogens is 306 g/mol. The topological polar surface area (TPSA) is 79.1 Å². The van der Waals surface area contributed by atoms with Crippen LogP contribution in [0.5, 0.6) is 5.75 Å². The second kappa shape index (κ2) is 8.15. The second-order valence-electron chi connectivity index (χ2n) is 5.54. The first-order chi connectivity index (χ1) is 11.5. The summed E-state index contributed by atoms with van der Waals surface area (Å²) >= 11 is 0. The fraction of sp³-hybridized carbons (Fsp3) is 0.263. The van der Waals surface area contributed by atoms with E-state index in [9.17, 15) is 10.0 Å². The zero-order valence-corrected chi connectivity index (χ0v) is 13.8. The van der Waals surface area contributed by atoms with Crippen molar-refractivity contribution in [2.24, 2.45) is 5.16 Å². The standard InChI is InChI=1S/C19H21NO4/c1-3-17(19(21)22)24-18-10-9-15(11-13(18)2)16(20-23)12-14-7-5-4-6-8-14/h4-11,17,23H,3,12H2,1-2H3,(H,21,22). The lowest BCUT2D eigenvalue weighted by Gasteiger charge is -2.16. The highest BCUT2D eigenvalue weighted by Crippen LogP contribution is 2.22. The lowest BCUT2D eigenvalue weighted by atomic mass is 10.0. The molecule has 0 aromatic heterocycles. The fourth-order valence-electron chi connectivity index (χ4n) is 2.41. The molecule has 2 N–H and O–H groups in total. The summed E-state index contributed by atoms with van der Waals surface area (Å²) in [5.74, 6) is -0.465. The minimum Gasteiger partial charge on any atom is -0.479 e. The summed E-state index contributed by atoms with van der Waals surface area (Å²) in [6.07, 6.45) is 0.0160. The van der Waals surface area contributed by atoms with Crippen LogP contribution >= 0.6 is 0 Å². The van der Waals surface area contributed by atoms with Gasteiger partial charge >= 0.3 is 5.97 Å². The highest BCUT2D eigenvalue weighted by molar-refractivity contribution is 6.01. The summed E-state index contributed by atoms with van der Waals surface area (Å²) in [6.45, 7) is 3.60. The van der Waals surface area contributed by atoms with E-state index in [1.165, 1.54) is 0 Å². The van der Waals surface area contributed by atoms with Crippen LogP contribution in [0.1, 0.15) is 30.0 Å². The Morgan fingerprint density at radius 1 is 1.21 bits per heavy atom. The molecule has 0 spiro atoms. The Balaban J connectivity index is 2.20. The minimum absolute atomic E-state index is 0.383. The average molecular weight is 327 g/mol. The van der Waals surface area contributed by atoms with Crippen LogP contribution in [-0.2, 0) is 11.2 Å². The van der Waals surface area contributed by atoms with Crippen LogP contribution in [0.3, 0.4) is 0 Å². The minimum atomic E-state index is -0.984. The number of carboxylic acids is 1. The predicted octanol–water partition coefficient (Wildman–Crippen LogP) is 3.66. The summed E-state index contributed by atoms with van der Waals surface area (Å²) in [7, 11) is 0. The molecule has 0 bridgehead atoms. The molecule has 2 rings (SSSR count). The molecule has 0 aliphatic heterocycles. The maximum atomic E-state index is 11.1. The number of aryl methyl sites for hydroxylation is 1. The van der Waals surface area contributed by atoms with Gasteiger partial charge in [-0.3, -0.25) is 0 Å². The number of carbonyl (C=O) groups is 1. The van der Waals surface area contributed by atoms with Gasteiger partial charge in [0.25, 0.3) is 0 Å². The fourth-order valence-corrected chi connectivity index (χ4v) is 2.41. The molecule has 0 saturated heterocycles. The molecule has 0 radical (unpaired) electrons. The van der Waals surface area contributed by atoms with Crippen molar-refractivity contribution in [1.29, 1.82) is 0 Å². The SMILES string of the molecule is CCC(Oc1ccc(C(Cc2ccccc2)=NO)cc1C)C(=O)O. The number of benzene rings is 2. The second-order valence-corrected chi connectivity index (χ2v) is 5.54. The smallest absolute Gasteiger partial charge is 0.344 e. The van der Waals surface area contributed by atoms with Crippen LogP contribution in [0.4, 0.5) is 0 Å². The molecule has 24 heavy (non-hydrogen) atoms. The number of nitrogens with zero attached hydrogens (tertiary/aromatic N) is 1. The Morgan fingerprint density at radius 3 is 2.46 bits per heavy atom. The Morgan fingerprint density at radius 2 is 1.92 bits per heavy atom. The van der Waals surface area contributed by atoms with E-state index in [4.69, 9.17) is 9.84 Å². The van der Waals surface area contributed by atoms with Crippen molar-refractivity contribution in [1.82, 2.24) is 0 Å². The zero-order chi connectivity index (χ0) is 17.5. The van der Waals surface area contributed by atoms with Gasteiger partial charge in [0, 0.05) is 12.0 Å². The van der Waals surface area contributed by atoms with Crippen molar-refractivity contribution in [3.8, 4) is 5.75 Å². The van der Waals surface area contributed by atoms with Gasteiger partial charge in [-0.25, -0.2) is 4.79 Å². The number of ether oxygens (including phenoxy) is 1. The maximum Gasteiger partial charge on any atom is 0.344 e. The predicted molar refractivity (Wildman–Crippen MR) is 92.0 cm³/mol. The van der Waals surface area contributed by atoms with Crippen molar-refractivity contribution in [3.05, 3.63) is 65.2 Å². The van der Waals surface area contributed by atoms with Gasteiger partial charge in [0.1, 0.15) is 5.75 Å². The van der Waals surface area contributed by atoms with Crippen molar-refractivity contribution in [3.63, 3.8) is 0 Å². The molecule has 126 valence electrons. The van der Waals surface area contributed by atoms with Gasteiger partial charge in [-0.05, 0) is 42.7 Å². The van der Waals surface area contributed by atoms with Crippen molar-refractivity contribution in [2.75, 3.05) is 0 Å². The summed E-state index contributed by atoms with van der Waals surface area (Å²) < 4.78 is 5.54. The van der Waals surface area contributed by atoms with E-state index in [-0.39, 0.29) is 0 Å². The quantitative estimate of drug-likeness (QED) is 0.462. The molecule has 5 nitrogen and oxygen atoms in total. The van der Waals surface area contributed by atoms with Gasteiger partial charge in [0.2, 0.25) is 0 Å². The van der Waals surface area contributed by atoms with E-state index in [1.807, 2.05) is 43.3 Å². The third kappa shape index (κ3) is 4.35. The van der Waals surface area contributed by atoms with Crippen LogP contribution in [-0.4, -0.2) is 28.1 Å². The normalized spacial score (nSPS) is 12.7. The summed E-state index contributed by atoms with van der Waals surface area (Å²) in [4.78, 5) is 11.1. The van der Waals surface area contributed by atoms with E-state index >= 15 is 0 Å². The Bertz CT molecular complexity index is 725. The maximum absolute atomic E-state index is 11.1. The molecule has 0 aliphatic carbocycles. The first kappa shape index (κ1) is 17.5. The molecule has 2 aromatic rings. The lowest BCUT2D eigenvalue weighted by Crippen LogP contribution is -2.26. The van der Waals surface area contributed by atoms with Crippen LogP contribution in [0, 0.1) is 6.92 Å². The van der Waals surface area contributed by atoms with E-state index in [2.05, 4.69) is 5.16 Å². The lowest BCUT2D eigenvalue weighted by molar-refractivity contribution is -0.145. The van der Waals surface area contributed by atoms with E-state index in [0.717, 1.165) is 16.7 Å². The van der Waals surface area contributed by atoms with Crippen molar-refractivity contribution < 1.29 is 19.8 Å². The van der Waals surface area contributed by atoms with Gasteiger partial charge in [0.05, 0.1) is 5.71 Å². The molecule has 1 atom stereocenters. The first-order valence-corrected chi connectivity index (χ1v) is 7.80. The Labute approximate surface area is 141 Å². The first-order valence-electron chi connectivity index (χ1n) is 7.80. The number of rotatable bonds is 7. The molecule has 2 aromatic carbocycles. The average Bonchev–Trinajstić information content (AvgIpc) is 2.59. The van der Waals surface area contributed by atoms with Gasteiger partial charge < -0.3 is 15.1 Å². The van der Waals surface area contributed by atoms with Crippen LogP contribution in [0.25, 0.3) is 0 Å². The van der Waals surface area contributed by atoms with Gasteiger partial charge in [-0.2, -0.15) is 0 Å². The van der Waals surface area contributed by atoms with Gasteiger partial charge in [-0.15, -0.1) is 0 Å². The highest BCUT2D eigenvalue weighted by atomic mass is 16.5. The molecule has 0 heterocycles. The number of oxime groups is 1. The molecule has 0 saturated carbocycles. The van der Waals surface area contributed by atoms with Crippen LogP contribution < -0.4 is 4.74 Å². The molecule has 0 fully saturated rings. The molecule has 0 amide bonds. The van der Waals surface area contributed by atoms with Crippen LogP contribution in [0.2, 0.25) is 0 Å². The van der Waals surface area contributed by atoms with Crippen molar-refractivity contribution >= 4 is 11.7 Å². The Hall–Kier alpha value is -2.82. The van der Waals surface area contributed by atoms with Crippen molar-refractivity contribution in [2.45, 2.75) is 32.8 Å². The number of hydrogen-bond acceptors (Lipinski definition) is 4. The third-order valence-electron chi connectivity index (χ3n) is 3.76. The third-order valence-corrected chi connectivity index (χ3v) is 3.76. The van der Waals surface area contributed by atoms with E-state index in [0.29, 0.717) is 24.3 Å². The number of hydrogen-bond donors (Lipinski definition) is 2. The molecule has 0 aliphatic rings. The van der Waals surface area contributed by atoms with Gasteiger partial charge in [0.15, 0.2) is 6.10 Å². The number of carboxylic acid groups (broad SMARTS) is 1. The monoisotopic (exact) mass is 327 g/mol. The largest absolute Gasteiger partial charge is 0.479 e. The molecular formula is C19H21NO4. The summed E-state index contributed by atoms with van der Waals surface area (Å²) in [6, 6.07) is 15.1. The van der Waals surface area contributed by atoms with Gasteiger partial charge in [-0.1, -0.05) is 42.4 Å². The molecule has 1 unspecified atom stereocenters.